The lowest BCUT2D eigenvalue weighted by Gasteiger charge is -2.29. The van der Waals surface area contributed by atoms with Crippen LogP contribution in [0.25, 0.3) is 0 Å². The summed E-state index contributed by atoms with van der Waals surface area (Å²) in [5, 5.41) is 11.5. The van der Waals surface area contributed by atoms with Gasteiger partial charge < -0.3 is 9.53 Å². The fourth-order valence-corrected chi connectivity index (χ4v) is 6.19. The van der Waals surface area contributed by atoms with Crippen molar-refractivity contribution in [3.63, 3.8) is 0 Å². The third-order valence-electron chi connectivity index (χ3n) is 5.73. The van der Waals surface area contributed by atoms with Crippen LogP contribution >= 0.6 is 0 Å². The lowest BCUT2D eigenvalue weighted by Crippen LogP contribution is -2.21. The first kappa shape index (κ1) is 24.4. The van der Waals surface area contributed by atoms with Gasteiger partial charge in [0.25, 0.3) is 10.0 Å². The molecule has 3 radical (unpaired) electrons. The molecule has 32 heavy (non-hydrogen) atoms. The quantitative estimate of drug-likeness (QED) is 0.536. The molecular formula is C25H30NO4SSi. The molecule has 0 bridgehead atoms. The monoisotopic (exact) mass is 468 g/mol. The summed E-state index contributed by atoms with van der Waals surface area (Å²) in [6, 6.07) is 11.9. The van der Waals surface area contributed by atoms with Crippen LogP contribution in [-0.2, 0) is 26.5 Å². The summed E-state index contributed by atoms with van der Waals surface area (Å²) in [5.74, 6) is 0. The number of benzene rings is 2. The Bertz CT molecular complexity index is 1230. The van der Waals surface area contributed by atoms with Crippen molar-refractivity contribution >= 4 is 20.5 Å². The van der Waals surface area contributed by atoms with Gasteiger partial charge in [-0.2, -0.15) is 0 Å². The second kappa shape index (κ2) is 8.98. The van der Waals surface area contributed by atoms with E-state index in [-0.39, 0.29) is 16.9 Å². The van der Waals surface area contributed by atoms with Crippen LogP contribution in [0.3, 0.4) is 0 Å². The SMILES string of the molecule is Cc1cc(C(O)c2cc(C)c(C(C)(C)C)c(C)c2CO[Si])n(S(=O)(=O)c2ccccc2)c1. The molecule has 0 spiro atoms. The van der Waals surface area contributed by atoms with Gasteiger partial charge in [0.15, 0.2) is 0 Å². The number of aliphatic hydroxyl groups is 1. The molecule has 0 aliphatic rings. The van der Waals surface area contributed by atoms with Crippen molar-refractivity contribution < 1.29 is 18.0 Å². The Balaban J connectivity index is 2.23. The fraction of sp³-hybridized carbons (Fsp3) is 0.360. The van der Waals surface area contributed by atoms with E-state index < -0.39 is 16.1 Å². The van der Waals surface area contributed by atoms with Crippen LogP contribution in [0.15, 0.2) is 53.6 Å². The van der Waals surface area contributed by atoms with Crippen molar-refractivity contribution in [2.45, 2.75) is 64.6 Å². The largest absolute Gasteiger partial charge is 0.414 e. The molecule has 1 unspecified atom stereocenters. The molecule has 0 amide bonds. The molecule has 0 saturated carbocycles. The van der Waals surface area contributed by atoms with E-state index in [1.54, 1.807) is 42.6 Å². The van der Waals surface area contributed by atoms with Gasteiger partial charge in [0.1, 0.15) is 6.10 Å². The zero-order chi connectivity index (χ0) is 23.8. The maximum Gasteiger partial charge on any atom is 0.267 e. The molecule has 0 aliphatic heterocycles. The third kappa shape index (κ3) is 4.48. The Morgan fingerprint density at radius 2 is 1.72 bits per heavy atom. The van der Waals surface area contributed by atoms with Gasteiger partial charge in [0, 0.05) is 6.20 Å². The van der Waals surface area contributed by atoms with Crippen molar-refractivity contribution in [3.8, 4) is 0 Å². The molecular weight excluding hydrogens is 438 g/mol. The molecule has 1 aromatic heterocycles. The zero-order valence-corrected chi connectivity index (χ0v) is 21.2. The van der Waals surface area contributed by atoms with Gasteiger partial charge in [0.05, 0.1) is 17.2 Å². The lowest BCUT2D eigenvalue weighted by atomic mass is 9.78. The highest BCUT2D eigenvalue weighted by molar-refractivity contribution is 7.90. The maximum atomic E-state index is 13.4. The van der Waals surface area contributed by atoms with Crippen molar-refractivity contribution in [1.29, 1.82) is 0 Å². The van der Waals surface area contributed by atoms with E-state index in [0.717, 1.165) is 22.3 Å². The highest BCUT2D eigenvalue weighted by atomic mass is 32.2. The number of aryl methyl sites for hydroxylation is 2. The first-order valence-electron chi connectivity index (χ1n) is 10.5. The van der Waals surface area contributed by atoms with Crippen LogP contribution < -0.4 is 0 Å². The predicted molar refractivity (Wildman–Crippen MR) is 127 cm³/mol. The van der Waals surface area contributed by atoms with E-state index in [9.17, 15) is 13.5 Å². The Morgan fingerprint density at radius 3 is 2.28 bits per heavy atom. The molecule has 0 aliphatic carbocycles. The summed E-state index contributed by atoms with van der Waals surface area (Å²) >= 11 is 0. The topological polar surface area (TPSA) is 68.5 Å². The van der Waals surface area contributed by atoms with E-state index in [1.807, 2.05) is 26.8 Å². The summed E-state index contributed by atoms with van der Waals surface area (Å²) in [6.07, 6.45) is 0.398. The molecule has 1 atom stereocenters. The van der Waals surface area contributed by atoms with Crippen LogP contribution in [0.5, 0.6) is 0 Å². The first-order valence-corrected chi connectivity index (χ1v) is 12.3. The molecule has 0 saturated heterocycles. The van der Waals surface area contributed by atoms with Gasteiger partial charge in [0.2, 0.25) is 10.5 Å². The van der Waals surface area contributed by atoms with Gasteiger partial charge in [-0.25, -0.2) is 12.4 Å². The fourth-order valence-electron chi connectivity index (χ4n) is 4.58. The van der Waals surface area contributed by atoms with E-state index in [2.05, 4.69) is 31.3 Å². The van der Waals surface area contributed by atoms with Crippen LogP contribution in [-0.4, -0.2) is 28.0 Å². The normalized spacial score (nSPS) is 13.4. The Morgan fingerprint density at radius 1 is 1.09 bits per heavy atom. The predicted octanol–water partition coefficient (Wildman–Crippen LogP) is 4.63. The second-order valence-electron chi connectivity index (χ2n) is 9.26. The van der Waals surface area contributed by atoms with Crippen LogP contribution in [0.2, 0.25) is 0 Å². The summed E-state index contributed by atoms with van der Waals surface area (Å²) in [5.41, 5.74) is 5.69. The molecule has 169 valence electrons. The molecule has 7 heteroatoms. The van der Waals surface area contributed by atoms with Gasteiger partial charge in [-0.15, -0.1) is 0 Å². The molecule has 1 heterocycles. The minimum absolute atomic E-state index is 0.0917. The van der Waals surface area contributed by atoms with E-state index in [0.29, 0.717) is 11.3 Å². The number of hydrogen-bond acceptors (Lipinski definition) is 4. The third-order valence-corrected chi connectivity index (χ3v) is 7.58. The second-order valence-corrected chi connectivity index (χ2v) is 11.4. The van der Waals surface area contributed by atoms with E-state index in [1.165, 1.54) is 9.54 Å². The number of aliphatic hydroxyl groups excluding tert-OH is 1. The summed E-state index contributed by atoms with van der Waals surface area (Å²) in [4.78, 5) is 0.170. The average molecular weight is 469 g/mol. The van der Waals surface area contributed by atoms with Crippen molar-refractivity contribution in [2.75, 3.05) is 0 Å². The Hall–Kier alpha value is -2.19. The van der Waals surface area contributed by atoms with Crippen molar-refractivity contribution in [3.05, 3.63) is 87.7 Å². The summed E-state index contributed by atoms with van der Waals surface area (Å²) in [7, 11) is -0.758. The molecule has 0 fully saturated rings. The van der Waals surface area contributed by atoms with E-state index in [4.69, 9.17) is 4.43 Å². The molecule has 3 aromatic rings. The molecule has 2 aromatic carbocycles. The van der Waals surface area contributed by atoms with Crippen molar-refractivity contribution in [2.24, 2.45) is 0 Å². The standard InChI is InChI=1S/C25H30NO4SSi/c1-16-12-22(26(14-16)31(28,29)19-10-8-7-9-11-19)24(27)20-13-17(2)23(25(4,5)6)18(3)21(20)15-30-32/h7-14,24,27H,15H2,1-6H3. The Labute approximate surface area is 194 Å². The van der Waals surface area contributed by atoms with Crippen LogP contribution in [0.1, 0.15) is 65.9 Å². The van der Waals surface area contributed by atoms with Gasteiger partial charge in [-0.1, -0.05) is 45.0 Å². The average Bonchev–Trinajstić information content (AvgIpc) is 3.11. The lowest BCUT2D eigenvalue weighted by molar-refractivity contribution is 0.210. The number of hydrogen-bond donors (Lipinski definition) is 1. The zero-order valence-electron chi connectivity index (χ0n) is 19.4. The summed E-state index contributed by atoms with van der Waals surface area (Å²) < 4.78 is 33.2. The minimum atomic E-state index is -3.86. The maximum absolute atomic E-state index is 13.4. The molecule has 3 rings (SSSR count). The van der Waals surface area contributed by atoms with Crippen molar-refractivity contribution in [1.82, 2.24) is 3.97 Å². The van der Waals surface area contributed by atoms with E-state index >= 15 is 0 Å². The number of aromatic nitrogens is 1. The minimum Gasteiger partial charge on any atom is -0.414 e. The van der Waals surface area contributed by atoms with Crippen LogP contribution in [0, 0.1) is 20.8 Å². The highest BCUT2D eigenvalue weighted by Crippen LogP contribution is 2.37. The van der Waals surface area contributed by atoms with Gasteiger partial charge in [-0.05, 0) is 77.8 Å². The summed E-state index contributed by atoms with van der Waals surface area (Å²) in [6.45, 7) is 12.5. The van der Waals surface area contributed by atoms with Crippen LogP contribution in [0.4, 0.5) is 0 Å². The van der Waals surface area contributed by atoms with Gasteiger partial charge >= 0.3 is 0 Å². The van der Waals surface area contributed by atoms with Gasteiger partial charge in [-0.3, -0.25) is 0 Å². The number of nitrogens with zero attached hydrogens (tertiary/aromatic N) is 1. The Kier molecular flexibility index (Phi) is 6.86. The number of rotatable bonds is 6. The first-order chi connectivity index (χ1) is 14.9. The molecule has 1 N–H and O–H groups in total. The highest BCUT2D eigenvalue weighted by Gasteiger charge is 2.29. The smallest absolute Gasteiger partial charge is 0.267 e. The molecule has 5 nitrogen and oxygen atoms in total.